The Bertz CT molecular complexity index is 2410. The second-order valence-electron chi connectivity index (χ2n) is 14.9. The van der Waals surface area contributed by atoms with Gasteiger partial charge in [-0.1, -0.05) is 18.9 Å². The van der Waals surface area contributed by atoms with Gasteiger partial charge in [0.2, 0.25) is 23.7 Å². The fraction of sp³-hybridized carbons (Fsp3) is 0.400. The lowest BCUT2D eigenvalue weighted by Crippen LogP contribution is -2.54. The van der Waals surface area contributed by atoms with Gasteiger partial charge in [-0.15, -0.1) is 0 Å². The number of carbonyl (C=O) groups excluding carboxylic acids is 6. The molecule has 3 aliphatic heterocycles. The van der Waals surface area contributed by atoms with Crippen LogP contribution in [0.5, 0.6) is 0 Å². The van der Waals surface area contributed by atoms with Crippen molar-refractivity contribution >= 4 is 69.5 Å². The van der Waals surface area contributed by atoms with Crippen LogP contribution < -0.4 is 26.4 Å². The summed E-state index contributed by atoms with van der Waals surface area (Å²) in [5, 5.41) is 9.07. The number of hydrogen-bond donors (Lipinski definition) is 3. The van der Waals surface area contributed by atoms with Crippen LogP contribution in [0.3, 0.4) is 0 Å². The van der Waals surface area contributed by atoms with E-state index in [9.17, 15) is 33.6 Å². The van der Waals surface area contributed by atoms with Crippen molar-refractivity contribution in [3.63, 3.8) is 0 Å². The molecule has 1 saturated carbocycles. The lowest BCUT2D eigenvalue weighted by molar-refractivity contribution is -0.136. The molecule has 1 aliphatic carbocycles. The molecule has 5 amide bonds. The number of amides is 5. The molecular formula is C40H42N10O7. The molecular weight excluding hydrogens is 733 g/mol. The van der Waals surface area contributed by atoms with Gasteiger partial charge in [-0.2, -0.15) is 4.98 Å². The predicted molar refractivity (Wildman–Crippen MR) is 209 cm³/mol. The van der Waals surface area contributed by atoms with Gasteiger partial charge in [-0.25, -0.2) is 9.97 Å². The standard InChI is InChI=1S/C40H42N10O7/c1-22-27-20-43-40(46-35(27)49(24-7-3-4-8-24)38(56)33(22)23(2)51)44-30-13-11-25(19-42-30)47-15-6-16-48(18-17-47)32(53)21-41-28-10-5-9-26-34(28)39(57)50(37(26)55)29-12-14-31(52)45-36(29)54/h5,9-11,13,19-20,24,29,41H,3-4,6-8,12,14-18,21H2,1-2H3,(H,45,52,54)(H,42,43,44,46). The van der Waals surface area contributed by atoms with Crippen molar-refractivity contribution in [2.75, 3.05) is 48.3 Å². The quantitative estimate of drug-likeness (QED) is 0.165. The molecule has 0 bridgehead atoms. The van der Waals surface area contributed by atoms with Crippen LogP contribution >= 0.6 is 0 Å². The predicted octanol–water partition coefficient (Wildman–Crippen LogP) is 3.11. The molecule has 4 aliphatic rings. The molecule has 294 valence electrons. The fourth-order valence-electron chi connectivity index (χ4n) is 8.44. The lowest BCUT2D eigenvalue weighted by Gasteiger charge is -2.27. The molecule has 3 fully saturated rings. The number of imide groups is 2. The van der Waals surface area contributed by atoms with E-state index in [2.05, 4.69) is 30.8 Å². The summed E-state index contributed by atoms with van der Waals surface area (Å²) < 4.78 is 1.68. The van der Waals surface area contributed by atoms with Gasteiger partial charge >= 0.3 is 0 Å². The SMILES string of the molecule is CC(=O)c1c(C)c2cnc(Nc3ccc(N4CCCN(C(=O)CNc5cccc6c5C(=O)N(C5CCC(=O)NC5=O)C6=O)CC4)cn3)nc2n(C2CCCC2)c1=O. The number of hydrogen-bond acceptors (Lipinski definition) is 13. The maximum Gasteiger partial charge on any atom is 0.264 e. The highest BCUT2D eigenvalue weighted by Crippen LogP contribution is 2.34. The summed E-state index contributed by atoms with van der Waals surface area (Å²) in [5.41, 5.74) is 2.37. The van der Waals surface area contributed by atoms with Crippen molar-refractivity contribution in [2.24, 2.45) is 0 Å². The Morgan fingerprint density at radius 3 is 2.44 bits per heavy atom. The number of anilines is 4. The minimum atomic E-state index is -1.08. The maximum absolute atomic E-state index is 13.6. The van der Waals surface area contributed by atoms with Crippen LogP contribution in [-0.4, -0.2) is 103 Å². The maximum atomic E-state index is 13.6. The molecule has 17 nitrogen and oxygen atoms in total. The molecule has 57 heavy (non-hydrogen) atoms. The number of Topliss-reactive ketones (excluding diaryl/α,β-unsaturated/α-hetero) is 1. The highest BCUT2D eigenvalue weighted by molar-refractivity contribution is 6.25. The molecule has 6 heterocycles. The van der Waals surface area contributed by atoms with E-state index >= 15 is 0 Å². The lowest BCUT2D eigenvalue weighted by atomic mass is 10.0. The molecule has 1 unspecified atom stereocenters. The normalized spacial score (nSPS) is 18.8. The highest BCUT2D eigenvalue weighted by Gasteiger charge is 2.45. The molecule has 1 aromatic carbocycles. The molecule has 1 atom stereocenters. The Balaban J connectivity index is 0.901. The number of benzene rings is 1. The minimum absolute atomic E-state index is 0.0228. The Hall–Kier alpha value is -6.52. The molecule has 4 aromatic rings. The van der Waals surface area contributed by atoms with Crippen LogP contribution in [0.15, 0.2) is 47.5 Å². The number of aryl methyl sites for hydroxylation is 1. The van der Waals surface area contributed by atoms with E-state index < -0.39 is 29.7 Å². The van der Waals surface area contributed by atoms with Crippen LogP contribution in [0, 0.1) is 6.92 Å². The largest absolute Gasteiger partial charge is 0.375 e. The number of rotatable bonds is 9. The van der Waals surface area contributed by atoms with Crippen molar-refractivity contribution in [1.82, 2.24) is 34.6 Å². The number of ketones is 1. The van der Waals surface area contributed by atoms with E-state index in [0.717, 1.165) is 36.3 Å². The number of fused-ring (bicyclic) bond motifs is 2. The third kappa shape index (κ3) is 6.97. The van der Waals surface area contributed by atoms with E-state index in [-0.39, 0.29) is 65.3 Å². The zero-order valence-corrected chi connectivity index (χ0v) is 31.7. The molecule has 0 spiro atoms. The van der Waals surface area contributed by atoms with Gasteiger partial charge in [0.05, 0.1) is 35.1 Å². The number of carbonyl (C=O) groups is 6. The summed E-state index contributed by atoms with van der Waals surface area (Å²) in [5.74, 6) is -2.04. The van der Waals surface area contributed by atoms with Crippen molar-refractivity contribution in [1.29, 1.82) is 0 Å². The summed E-state index contributed by atoms with van der Waals surface area (Å²) in [7, 11) is 0. The van der Waals surface area contributed by atoms with Gasteiger partial charge in [0.15, 0.2) is 5.78 Å². The van der Waals surface area contributed by atoms with Crippen molar-refractivity contribution in [3.8, 4) is 0 Å². The smallest absolute Gasteiger partial charge is 0.264 e. The highest BCUT2D eigenvalue weighted by atomic mass is 16.2. The van der Waals surface area contributed by atoms with E-state index in [4.69, 9.17) is 4.98 Å². The van der Waals surface area contributed by atoms with Crippen molar-refractivity contribution < 1.29 is 28.8 Å². The zero-order chi connectivity index (χ0) is 40.0. The van der Waals surface area contributed by atoms with Crippen molar-refractivity contribution in [3.05, 3.63) is 75.3 Å². The third-order valence-electron chi connectivity index (χ3n) is 11.4. The number of piperidine rings is 1. The van der Waals surface area contributed by atoms with Gasteiger partial charge in [0.1, 0.15) is 17.5 Å². The Kier molecular flexibility index (Phi) is 9.97. The van der Waals surface area contributed by atoms with Gasteiger partial charge in [-0.05, 0) is 69.4 Å². The molecule has 8 rings (SSSR count). The molecule has 3 N–H and O–H groups in total. The monoisotopic (exact) mass is 774 g/mol. The zero-order valence-electron chi connectivity index (χ0n) is 31.7. The average Bonchev–Trinajstić information content (AvgIpc) is 3.71. The summed E-state index contributed by atoms with van der Waals surface area (Å²) in [6, 6.07) is 7.38. The van der Waals surface area contributed by atoms with E-state index in [1.165, 1.54) is 13.0 Å². The molecule has 2 saturated heterocycles. The first-order valence-electron chi connectivity index (χ1n) is 19.3. The number of nitrogens with one attached hydrogen (secondary N) is 3. The van der Waals surface area contributed by atoms with Crippen LogP contribution in [0.25, 0.3) is 11.0 Å². The molecule has 17 heteroatoms. The van der Waals surface area contributed by atoms with Gasteiger partial charge < -0.3 is 20.4 Å². The van der Waals surface area contributed by atoms with E-state index in [1.54, 1.807) is 40.9 Å². The van der Waals surface area contributed by atoms with Crippen molar-refractivity contribution in [2.45, 2.75) is 70.9 Å². The first kappa shape index (κ1) is 37.4. The Morgan fingerprint density at radius 2 is 1.70 bits per heavy atom. The van der Waals surface area contributed by atoms with Gasteiger partial charge in [-0.3, -0.25) is 48.3 Å². The van der Waals surface area contributed by atoms with Crippen LogP contribution in [0.1, 0.15) is 94.5 Å². The van der Waals surface area contributed by atoms with Gasteiger partial charge in [0.25, 0.3) is 17.4 Å². The topological polar surface area (TPSA) is 209 Å². The van der Waals surface area contributed by atoms with Gasteiger partial charge in [0, 0.05) is 55.9 Å². The first-order chi connectivity index (χ1) is 27.5. The van der Waals surface area contributed by atoms with E-state index in [1.807, 2.05) is 12.1 Å². The second-order valence-corrected chi connectivity index (χ2v) is 14.9. The third-order valence-corrected chi connectivity index (χ3v) is 11.4. The fourth-order valence-corrected chi connectivity index (χ4v) is 8.44. The summed E-state index contributed by atoms with van der Waals surface area (Å²) in [6.45, 7) is 5.29. The summed E-state index contributed by atoms with van der Waals surface area (Å²) in [6.07, 6.45) is 7.89. The number of nitrogens with zero attached hydrogens (tertiary/aromatic N) is 7. The molecule has 3 aromatic heterocycles. The number of aromatic nitrogens is 4. The summed E-state index contributed by atoms with van der Waals surface area (Å²) >= 11 is 0. The Morgan fingerprint density at radius 1 is 0.895 bits per heavy atom. The molecule has 0 radical (unpaired) electrons. The van der Waals surface area contributed by atoms with E-state index in [0.29, 0.717) is 60.7 Å². The van der Waals surface area contributed by atoms with Crippen LogP contribution in [-0.2, 0) is 14.4 Å². The summed E-state index contributed by atoms with van der Waals surface area (Å²) in [4.78, 5) is 109. The van der Waals surface area contributed by atoms with Crippen LogP contribution in [0.2, 0.25) is 0 Å². The first-order valence-corrected chi connectivity index (χ1v) is 19.3. The Labute approximate surface area is 326 Å². The second kappa shape index (κ2) is 15.2. The number of pyridine rings is 2. The minimum Gasteiger partial charge on any atom is -0.375 e. The average molecular weight is 775 g/mol. The van der Waals surface area contributed by atoms with Crippen LogP contribution in [0.4, 0.5) is 23.1 Å².